The lowest BCUT2D eigenvalue weighted by atomic mass is 9.84. The SMILES string of the molecule is COc1ccc(/C=C/Cc2ccc3c(c2)[C@@H](c2ccc(OC)cc2)[C@H](c2ccc(O)cc2)O3)cc1. The molecule has 1 aliphatic heterocycles. The average Bonchev–Trinajstić information content (AvgIpc) is 3.28. The zero-order valence-electron chi connectivity index (χ0n) is 19.8. The molecule has 0 saturated carbocycles. The molecule has 1 aliphatic rings. The Kier molecular flexibility index (Phi) is 6.44. The second kappa shape index (κ2) is 9.98. The van der Waals surface area contributed by atoms with Crippen LogP contribution in [-0.4, -0.2) is 19.3 Å². The predicted molar refractivity (Wildman–Crippen MR) is 138 cm³/mol. The van der Waals surface area contributed by atoms with E-state index in [0.29, 0.717) is 0 Å². The van der Waals surface area contributed by atoms with Crippen LogP contribution in [0, 0.1) is 0 Å². The number of phenolic OH excluding ortho intramolecular Hbond substituents is 1. The minimum atomic E-state index is -0.177. The summed E-state index contributed by atoms with van der Waals surface area (Å²) in [5.41, 5.74) is 5.72. The Morgan fingerprint density at radius 1 is 0.771 bits per heavy atom. The van der Waals surface area contributed by atoms with E-state index >= 15 is 0 Å². The van der Waals surface area contributed by atoms with Gasteiger partial charge >= 0.3 is 0 Å². The van der Waals surface area contributed by atoms with Crippen LogP contribution in [0.5, 0.6) is 23.0 Å². The Hall–Kier alpha value is -4.18. The van der Waals surface area contributed by atoms with E-state index in [2.05, 4.69) is 42.5 Å². The average molecular weight is 465 g/mol. The first kappa shape index (κ1) is 22.6. The van der Waals surface area contributed by atoms with Crippen molar-refractivity contribution in [1.29, 1.82) is 0 Å². The number of methoxy groups -OCH3 is 2. The maximum absolute atomic E-state index is 9.77. The molecule has 4 nitrogen and oxygen atoms in total. The molecule has 0 aliphatic carbocycles. The molecule has 1 N–H and O–H groups in total. The van der Waals surface area contributed by atoms with Gasteiger partial charge in [0.25, 0.3) is 0 Å². The molecule has 176 valence electrons. The van der Waals surface area contributed by atoms with Crippen molar-refractivity contribution < 1.29 is 19.3 Å². The lowest BCUT2D eigenvalue weighted by Gasteiger charge is -2.20. The maximum atomic E-state index is 9.77. The third kappa shape index (κ3) is 4.87. The van der Waals surface area contributed by atoms with Gasteiger partial charge < -0.3 is 19.3 Å². The molecule has 0 bridgehead atoms. The van der Waals surface area contributed by atoms with Crippen LogP contribution in [0.4, 0.5) is 0 Å². The van der Waals surface area contributed by atoms with Gasteiger partial charge in [0.2, 0.25) is 0 Å². The summed E-state index contributed by atoms with van der Waals surface area (Å²) in [5, 5.41) is 9.77. The molecule has 0 saturated heterocycles. The molecular weight excluding hydrogens is 436 g/mol. The van der Waals surface area contributed by atoms with Crippen molar-refractivity contribution in [3.05, 3.63) is 125 Å². The number of ether oxygens (including phenoxy) is 3. The minimum Gasteiger partial charge on any atom is -0.508 e. The van der Waals surface area contributed by atoms with Gasteiger partial charge in [0, 0.05) is 5.56 Å². The van der Waals surface area contributed by atoms with E-state index in [9.17, 15) is 5.11 Å². The van der Waals surface area contributed by atoms with Gasteiger partial charge in [0.15, 0.2) is 0 Å². The third-order valence-corrected chi connectivity index (χ3v) is 6.44. The van der Waals surface area contributed by atoms with Crippen molar-refractivity contribution in [2.24, 2.45) is 0 Å². The molecule has 0 amide bonds. The summed E-state index contributed by atoms with van der Waals surface area (Å²) in [6, 6.07) is 30.0. The molecule has 0 unspecified atom stereocenters. The highest BCUT2D eigenvalue weighted by molar-refractivity contribution is 5.54. The summed E-state index contributed by atoms with van der Waals surface area (Å²) in [6.07, 6.45) is 4.95. The number of hydrogen-bond donors (Lipinski definition) is 1. The van der Waals surface area contributed by atoms with Crippen LogP contribution in [0.2, 0.25) is 0 Å². The summed E-state index contributed by atoms with van der Waals surface area (Å²) in [5.74, 6) is 2.86. The van der Waals surface area contributed by atoms with Crippen molar-refractivity contribution in [2.45, 2.75) is 18.4 Å². The number of benzene rings is 4. The second-order valence-corrected chi connectivity index (χ2v) is 8.63. The highest BCUT2D eigenvalue weighted by Crippen LogP contribution is 2.50. The fraction of sp³-hybridized carbons (Fsp3) is 0.161. The predicted octanol–water partition coefficient (Wildman–Crippen LogP) is 6.93. The third-order valence-electron chi connectivity index (χ3n) is 6.44. The first-order valence-corrected chi connectivity index (χ1v) is 11.7. The summed E-state index contributed by atoms with van der Waals surface area (Å²) in [4.78, 5) is 0. The minimum absolute atomic E-state index is 0.0333. The molecule has 35 heavy (non-hydrogen) atoms. The molecule has 2 atom stereocenters. The molecule has 0 radical (unpaired) electrons. The monoisotopic (exact) mass is 464 g/mol. The molecule has 0 fully saturated rings. The van der Waals surface area contributed by atoms with Gasteiger partial charge in [-0.3, -0.25) is 0 Å². The van der Waals surface area contributed by atoms with E-state index in [0.717, 1.165) is 40.4 Å². The van der Waals surface area contributed by atoms with Crippen molar-refractivity contribution in [3.8, 4) is 23.0 Å². The van der Waals surface area contributed by atoms with E-state index in [1.807, 2.05) is 48.5 Å². The van der Waals surface area contributed by atoms with Crippen LogP contribution < -0.4 is 14.2 Å². The molecular formula is C31H28O4. The molecule has 5 rings (SSSR count). The standard InChI is InChI=1S/C31H28O4/c1-33-26-15-6-21(7-16-26)4-3-5-22-8-19-29-28(20-22)30(23-11-17-27(34-2)18-12-23)31(35-29)24-9-13-25(32)14-10-24/h3-4,6-20,30-32H,5H2,1-2H3/b4-3+/t30-,31+/m1/s1. The van der Waals surface area contributed by atoms with Gasteiger partial charge in [-0.25, -0.2) is 0 Å². The lowest BCUT2D eigenvalue weighted by molar-refractivity contribution is 0.222. The summed E-state index contributed by atoms with van der Waals surface area (Å²) >= 11 is 0. The van der Waals surface area contributed by atoms with Crippen LogP contribution in [0.15, 0.2) is 97.1 Å². The highest BCUT2D eigenvalue weighted by atomic mass is 16.5. The number of allylic oxidation sites excluding steroid dienone is 1. The first-order chi connectivity index (χ1) is 17.1. The lowest BCUT2D eigenvalue weighted by Crippen LogP contribution is -2.11. The van der Waals surface area contributed by atoms with Gasteiger partial charge in [-0.15, -0.1) is 0 Å². The fourth-order valence-electron chi connectivity index (χ4n) is 4.58. The largest absolute Gasteiger partial charge is 0.508 e. The quantitative estimate of drug-likeness (QED) is 0.322. The van der Waals surface area contributed by atoms with Crippen LogP contribution in [0.1, 0.15) is 39.8 Å². The van der Waals surface area contributed by atoms with E-state index < -0.39 is 0 Å². The summed E-state index contributed by atoms with van der Waals surface area (Å²) < 4.78 is 17.1. The van der Waals surface area contributed by atoms with Gasteiger partial charge in [-0.2, -0.15) is 0 Å². The van der Waals surface area contributed by atoms with Crippen molar-refractivity contribution in [3.63, 3.8) is 0 Å². The zero-order valence-corrected chi connectivity index (χ0v) is 19.8. The molecule has 4 aromatic carbocycles. The summed E-state index contributed by atoms with van der Waals surface area (Å²) in [7, 11) is 3.35. The fourth-order valence-corrected chi connectivity index (χ4v) is 4.58. The van der Waals surface area contributed by atoms with Gasteiger partial charge in [-0.05, 0) is 71.1 Å². The normalized spacial score (nSPS) is 16.6. The van der Waals surface area contributed by atoms with E-state index in [1.54, 1.807) is 26.4 Å². The molecule has 4 heteroatoms. The van der Waals surface area contributed by atoms with Crippen molar-refractivity contribution >= 4 is 6.08 Å². The highest BCUT2D eigenvalue weighted by Gasteiger charge is 2.36. The Morgan fingerprint density at radius 2 is 1.40 bits per heavy atom. The van der Waals surface area contributed by atoms with Gasteiger partial charge in [0.1, 0.15) is 29.1 Å². The van der Waals surface area contributed by atoms with Crippen LogP contribution >= 0.6 is 0 Å². The molecule has 0 aromatic heterocycles. The van der Waals surface area contributed by atoms with Crippen molar-refractivity contribution in [2.75, 3.05) is 14.2 Å². The van der Waals surface area contributed by atoms with E-state index in [-0.39, 0.29) is 17.8 Å². The second-order valence-electron chi connectivity index (χ2n) is 8.63. The maximum Gasteiger partial charge on any atom is 0.135 e. The number of phenols is 1. The van der Waals surface area contributed by atoms with Crippen LogP contribution in [0.3, 0.4) is 0 Å². The number of rotatable bonds is 7. The molecule has 1 heterocycles. The topological polar surface area (TPSA) is 47.9 Å². The number of hydrogen-bond acceptors (Lipinski definition) is 4. The molecule has 4 aromatic rings. The Balaban J connectivity index is 1.44. The van der Waals surface area contributed by atoms with Gasteiger partial charge in [0.05, 0.1) is 20.1 Å². The van der Waals surface area contributed by atoms with Crippen LogP contribution in [0.25, 0.3) is 6.08 Å². The Labute approximate surface area is 206 Å². The first-order valence-electron chi connectivity index (χ1n) is 11.7. The van der Waals surface area contributed by atoms with Crippen molar-refractivity contribution in [1.82, 2.24) is 0 Å². The van der Waals surface area contributed by atoms with Gasteiger partial charge in [-0.1, -0.05) is 60.7 Å². The van der Waals surface area contributed by atoms with Crippen LogP contribution in [-0.2, 0) is 6.42 Å². The number of aromatic hydroxyl groups is 1. The smallest absolute Gasteiger partial charge is 0.135 e. The van der Waals surface area contributed by atoms with E-state index in [1.165, 1.54) is 11.1 Å². The van der Waals surface area contributed by atoms with E-state index in [4.69, 9.17) is 14.2 Å². The number of fused-ring (bicyclic) bond motifs is 1. The molecule has 0 spiro atoms. The zero-order chi connectivity index (χ0) is 24.2. The summed E-state index contributed by atoms with van der Waals surface area (Å²) in [6.45, 7) is 0. The Morgan fingerprint density at radius 3 is 2.06 bits per heavy atom. The Bertz CT molecular complexity index is 1310.